The normalized spacial score (nSPS) is 24.2. The molecule has 6 nitrogen and oxygen atoms in total. The zero-order valence-corrected chi connectivity index (χ0v) is 12.1. The minimum Gasteiger partial charge on any atom is -0.481 e. The molecule has 0 amide bonds. The minimum atomic E-state index is -0.675. The summed E-state index contributed by atoms with van der Waals surface area (Å²) in [6, 6.07) is 0. The molecule has 2 aliphatic heterocycles. The van der Waals surface area contributed by atoms with E-state index in [2.05, 4.69) is 14.8 Å². The number of hydrogen-bond acceptors (Lipinski definition) is 6. The zero-order chi connectivity index (χ0) is 13.9. The maximum absolute atomic E-state index is 11.0. The average Bonchev–Trinajstić information content (AvgIpc) is 3.10. The number of nitrogens with zero attached hydrogens (tertiary/aromatic N) is 3. The summed E-state index contributed by atoms with van der Waals surface area (Å²) in [7, 11) is 0. The second-order valence-corrected chi connectivity index (χ2v) is 6.36. The smallest absolute Gasteiger partial charge is 0.307 e. The van der Waals surface area contributed by atoms with Crippen LogP contribution in [0.5, 0.6) is 0 Å². The van der Waals surface area contributed by atoms with Gasteiger partial charge in [-0.25, -0.2) is 4.98 Å². The Balaban J connectivity index is 1.56. The average molecular weight is 297 g/mol. The van der Waals surface area contributed by atoms with E-state index in [1.54, 1.807) is 11.3 Å². The molecule has 1 N–H and O–H groups in total. The number of aromatic nitrogens is 1. The Morgan fingerprint density at radius 3 is 2.95 bits per heavy atom. The van der Waals surface area contributed by atoms with E-state index in [1.165, 1.54) is 4.88 Å². The van der Waals surface area contributed by atoms with Gasteiger partial charge in [-0.1, -0.05) is 0 Å². The summed E-state index contributed by atoms with van der Waals surface area (Å²) < 4.78 is 5.34. The molecule has 0 aromatic carbocycles. The molecule has 20 heavy (non-hydrogen) atoms. The van der Waals surface area contributed by atoms with Crippen LogP contribution < -0.4 is 4.90 Å². The van der Waals surface area contributed by atoms with Crippen molar-refractivity contribution in [1.29, 1.82) is 0 Å². The van der Waals surface area contributed by atoms with Crippen LogP contribution in [-0.4, -0.2) is 60.4 Å². The fourth-order valence-electron chi connectivity index (χ4n) is 2.67. The van der Waals surface area contributed by atoms with Gasteiger partial charge in [0.15, 0.2) is 5.13 Å². The van der Waals surface area contributed by atoms with Crippen LogP contribution in [0.4, 0.5) is 5.13 Å². The maximum Gasteiger partial charge on any atom is 0.307 e. The third kappa shape index (κ3) is 3.11. The van der Waals surface area contributed by atoms with Crippen LogP contribution in [-0.2, 0) is 16.1 Å². The second-order valence-electron chi connectivity index (χ2n) is 5.27. The first kappa shape index (κ1) is 13.8. The second kappa shape index (κ2) is 6.07. The van der Waals surface area contributed by atoms with Gasteiger partial charge in [0.2, 0.25) is 0 Å². The quantitative estimate of drug-likeness (QED) is 0.890. The van der Waals surface area contributed by atoms with Gasteiger partial charge in [0.25, 0.3) is 0 Å². The molecule has 1 atom stereocenters. The van der Waals surface area contributed by atoms with Crippen LogP contribution in [0.25, 0.3) is 0 Å². The lowest BCUT2D eigenvalue weighted by atomic mass is 10.1. The molecule has 0 radical (unpaired) electrons. The summed E-state index contributed by atoms with van der Waals surface area (Å²) in [5.74, 6) is -0.882. The molecule has 3 rings (SSSR count). The highest BCUT2D eigenvalue weighted by Crippen LogP contribution is 2.26. The lowest BCUT2D eigenvalue weighted by Crippen LogP contribution is -2.36. The molecular weight excluding hydrogens is 278 g/mol. The van der Waals surface area contributed by atoms with E-state index in [0.717, 1.165) is 50.9 Å². The van der Waals surface area contributed by atoms with Crippen molar-refractivity contribution in [3.63, 3.8) is 0 Å². The summed E-state index contributed by atoms with van der Waals surface area (Å²) in [5.41, 5.74) is 0. The number of rotatable bonds is 4. The maximum atomic E-state index is 11.0. The van der Waals surface area contributed by atoms with Gasteiger partial charge in [0, 0.05) is 37.3 Å². The van der Waals surface area contributed by atoms with E-state index in [0.29, 0.717) is 6.54 Å². The molecule has 1 aromatic heterocycles. The summed E-state index contributed by atoms with van der Waals surface area (Å²) in [4.78, 5) is 21.1. The topological polar surface area (TPSA) is 65.9 Å². The zero-order valence-electron chi connectivity index (χ0n) is 11.3. The van der Waals surface area contributed by atoms with Crippen LogP contribution >= 0.6 is 11.3 Å². The molecule has 7 heteroatoms. The van der Waals surface area contributed by atoms with E-state index in [-0.39, 0.29) is 5.92 Å². The van der Waals surface area contributed by atoms with E-state index < -0.39 is 5.97 Å². The first-order valence-corrected chi connectivity index (χ1v) is 7.76. The van der Waals surface area contributed by atoms with E-state index >= 15 is 0 Å². The van der Waals surface area contributed by atoms with Crippen molar-refractivity contribution in [2.24, 2.45) is 5.92 Å². The number of carboxylic acid groups (broad SMARTS) is 1. The SMILES string of the molecule is O=C(O)C1CCN(Cc2cnc(N3CCOCC3)s2)C1. The number of likely N-dealkylation sites (tertiary alicyclic amines) is 1. The first-order chi connectivity index (χ1) is 9.72. The van der Waals surface area contributed by atoms with Gasteiger partial charge in [-0.3, -0.25) is 9.69 Å². The van der Waals surface area contributed by atoms with Crippen molar-refractivity contribution in [3.05, 3.63) is 11.1 Å². The fourth-order valence-corrected chi connectivity index (χ4v) is 3.67. The van der Waals surface area contributed by atoms with Gasteiger partial charge in [0.1, 0.15) is 0 Å². The lowest BCUT2D eigenvalue weighted by molar-refractivity contribution is -0.141. The Morgan fingerprint density at radius 2 is 2.25 bits per heavy atom. The van der Waals surface area contributed by atoms with Gasteiger partial charge < -0.3 is 14.7 Å². The molecule has 110 valence electrons. The first-order valence-electron chi connectivity index (χ1n) is 6.95. The standard InChI is InChI=1S/C13H19N3O3S/c17-12(18)10-1-2-15(8-10)9-11-7-14-13(20-11)16-3-5-19-6-4-16/h7,10H,1-6,8-9H2,(H,17,18). The Morgan fingerprint density at radius 1 is 1.45 bits per heavy atom. The van der Waals surface area contributed by atoms with Gasteiger partial charge >= 0.3 is 5.97 Å². The van der Waals surface area contributed by atoms with E-state index in [9.17, 15) is 4.79 Å². The number of morpholine rings is 1. The highest BCUT2D eigenvalue weighted by molar-refractivity contribution is 7.15. The molecule has 0 aliphatic carbocycles. The molecule has 2 fully saturated rings. The lowest BCUT2D eigenvalue weighted by Gasteiger charge is -2.26. The summed E-state index contributed by atoms with van der Waals surface area (Å²) in [6.45, 7) is 5.66. The minimum absolute atomic E-state index is 0.207. The molecule has 0 spiro atoms. The third-order valence-electron chi connectivity index (χ3n) is 3.82. The Hall–Kier alpha value is -1.18. The van der Waals surface area contributed by atoms with Crippen LogP contribution in [0, 0.1) is 5.92 Å². The number of thiazole rings is 1. The van der Waals surface area contributed by atoms with Gasteiger partial charge in [-0.15, -0.1) is 11.3 Å². The predicted molar refractivity (Wildman–Crippen MR) is 76.2 cm³/mol. The van der Waals surface area contributed by atoms with Crippen LogP contribution in [0.1, 0.15) is 11.3 Å². The molecule has 2 saturated heterocycles. The summed E-state index contributed by atoms with van der Waals surface area (Å²) >= 11 is 1.71. The van der Waals surface area contributed by atoms with Crippen LogP contribution in [0.2, 0.25) is 0 Å². The number of carboxylic acids is 1. The van der Waals surface area contributed by atoms with Crippen molar-refractivity contribution in [1.82, 2.24) is 9.88 Å². The number of hydrogen-bond donors (Lipinski definition) is 1. The molecule has 1 unspecified atom stereocenters. The van der Waals surface area contributed by atoms with Crippen LogP contribution in [0.3, 0.4) is 0 Å². The molecule has 1 aromatic rings. The number of ether oxygens (including phenoxy) is 1. The fraction of sp³-hybridized carbons (Fsp3) is 0.692. The Bertz CT molecular complexity index is 473. The van der Waals surface area contributed by atoms with E-state index in [1.807, 2.05) is 6.20 Å². The van der Waals surface area contributed by atoms with Crippen molar-refractivity contribution in [2.45, 2.75) is 13.0 Å². The monoisotopic (exact) mass is 297 g/mol. The number of aliphatic carboxylic acids is 1. The molecule has 0 bridgehead atoms. The van der Waals surface area contributed by atoms with E-state index in [4.69, 9.17) is 9.84 Å². The largest absolute Gasteiger partial charge is 0.481 e. The van der Waals surface area contributed by atoms with Crippen molar-refractivity contribution < 1.29 is 14.6 Å². The predicted octanol–water partition coefficient (Wildman–Crippen LogP) is 0.886. The highest BCUT2D eigenvalue weighted by atomic mass is 32.1. The summed E-state index contributed by atoms with van der Waals surface area (Å²) in [5, 5.41) is 10.1. The van der Waals surface area contributed by atoms with Crippen molar-refractivity contribution in [3.8, 4) is 0 Å². The Kier molecular flexibility index (Phi) is 4.18. The highest BCUT2D eigenvalue weighted by Gasteiger charge is 2.28. The third-order valence-corrected chi connectivity index (χ3v) is 4.87. The summed E-state index contributed by atoms with van der Waals surface area (Å²) in [6.07, 6.45) is 2.67. The molecule has 2 aliphatic rings. The van der Waals surface area contributed by atoms with Gasteiger partial charge in [-0.2, -0.15) is 0 Å². The molecule has 0 saturated carbocycles. The van der Waals surface area contributed by atoms with Gasteiger partial charge in [-0.05, 0) is 13.0 Å². The van der Waals surface area contributed by atoms with Crippen molar-refractivity contribution in [2.75, 3.05) is 44.3 Å². The molecular formula is C13H19N3O3S. The number of carbonyl (C=O) groups is 1. The van der Waals surface area contributed by atoms with Crippen LogP contribution in [0.15, 0.2) is 6.20 Å². The van der Waals surface area contributed by atoms with Gasteiger partial charge in [0.05, 0.1) is 19.1 Å². The Labute approximate surface area is 122 Å². The van der Waals surface area contributed by atoms with Crippen molar-refractivity contribution >= 4 is 22.4 Å². The molecule has 3 heterocycles. The number of anilines is 1.